The fraction of sp³-hybridized carbons (Fsp3) is 0.222. The van der Waals surface area contributed by atoms with Crippen molar-refractivity contribution in [3.8, 4) is 0 Å². The number of hydrogen-bond acceptors (Lipinski definition) is 5. The predicted molar refractivity (Wildman–Crippen MR) is 132 cm³/mol. The molecule has 1 saturated heterocycles. The number of carbonyl (C=O) groups is 3. The summed E-state index contributed by atoms with van der Waals surface area (Å²) in [5.74, 6) is -0.905. The maximum atomic E-state index is 13.2. The van der Waals surface area contributed by atoms with Gasteiger partial charge in [0.15, 0.2) is 0 Å². The molecule has 0 radical (unpaired) electrons. The molecule has 3 aromatic rings. The van der Waals surface area contributed by atoms with E-state index in [-0.39, 0.29) is 6.54 Å². The normalized spacial score (nSPS) is 19.2. The lowest BCUT2D eigenvalue weighted by Crippen LogP contribution is -2.42. The Hall–Kier alpha value is -4.33. The van der Waals surface area contributed by atoms with Crippen LogP contribution in [0, 0.1) is 0 Å². The number of fused-ring (bicyclic) bond motifs is 1. The molecule has 3 aromatic carbocycles. The molecule has 1 unspecified atom stereocenters. The lowest BCUT2D eigenvalue weighted by atomic mass is 9.89. The van der Waals surface area contributed by atoms with E-state index in [1.54, 1.807) is 31.2 Å². The predicted octanol–water partition coefficient (Wildman–Crippen LogP) is 5.00. The van der Waals surface area contributed by atoms with Crippen molar-refractivity contribution in [3.05, 3.63) is 89.5 Å². The lowest BCUT2D eigenvalue weighted by molar-refractivity contribution is -0.133. The third-order valence-electron chi connectivity index (χ3n) is 6.44. The Kier molecular flexibility index (Phi) is 5.86. The number of aryl methyl sites for hydroxylation is 2. The molecule has 1 aliphatic heterocycles. The van der Waals surface area contributed by atoms with Gasteiger partial charge in [-0.15, -0.1) is 0 Å². The molecule has 1 aliphatic carbocycles. The first-order chi connectivity index (χ1) is 16.9. The average molecular weight is 468 g/mol. The maximum absolute atomic E-state index is 13.2. The van der Waals surface area contributed by atoms with Gasteiger partial charge in [0.25, 0.3) is 5.91 Å². The third kappa shape index (κ3) is 4.55. The van der Waals surface area contributed by atoms with Crippen molar-refractivity contribution in [1.29, 1.82) is 0 Å². The number of benzene rings is 3. The second kappa shape index (κ2) is 9.13. The summed E-state index contributed by atoms with van der Waals surface area (Å²) in [5.41, 5.74) is 3.95. The number of amides is 4. The minimum absolute atomic E-state index is 0.374. The zero-order valence-electron chi connectivity index (χ0n) is 19.3. The summed E-state index contributed by atoms with van der Waals surface area (Å²) in [5, 5.41) is 13.8. The van der Waals surface area contributed by atoms with E-state index in [0.717, 1.165) is 35.4 Å². The number of anilines is 1. The quantitative estimate of drug-likeness (QED) is 0.394. The highest BCUT2D eigenvalue weighted by Gasteiger charge is 2.49. The molecule has 0 bridgehead atoms. The first kappa shape index (κ1) is 22.5. The summed E-state index contributed by atoms with van der Waals surface area (Å²) >= 11 is 0. The number of imide groups is 1. The Labute approximate surface area is 203 Å². The zero-order valence-corrected chi connectivity index (χ0v) is 19.3. The van der Waals surface area contributed by atoms with E-state index in [1.165, 1.54) is 11.1 Å². The molecule has 1 heterocycles. The molecule has 5 rings (SSSR count). The highest BCUT2D eigenvalue weighted by molar-refractivity contribution is 6.10. The summed E-state index contributed by atoms with van der Waals surface area (Å²) in [6.07, 6.45) is 3.11. The van der Waals surface area contributed by atoms with Gasteiger partial charge < -0.3 is 10.6 Å². The average Bonchev–Trinajstić information content (AvgIpc) is 3.42. The largest absolute Gasteiger partial charge is 0.325 e. The molecule has 8 heteroatoms. The molecule has 2 aliphatic rings. The number of hydrogen-bond donors (Lipinski definition) is 2. The highest BCUT2D eigenvalue weighted by atomic mass is 16.2. The summed E-state index contributed by atoms with van der Waals surface area (Å²) in [4.78, 5) is 39.4. The summed E-state index contributed by atoms with van der Waals surface area (Å²) < 4.78 is 0. The first-order valence-corrected chi connectivity index (χ1v) is 11.6. The van der Waals surface area contributed by atoms with E-state index in [9.17, 15) is 14.4 Å². The van der Waals surface area contributed by atoms with Crippen LogP contribution < -0.4 is 10.6 Å². The van der Waals surface area contributed by atoms with Crippen molar-refractivity contribution >= 4 is 34.9 Å². The van der Waals surface area contributed by atoms with Gasteiger partial charge in [0.05, 0.1) is 11.4 Å². The van der Waals surface area contributed by atoms with Gasteiger partial charge in [0, 0.05) is 5.69 Å². The van der Waals surface area contributed by atoms with Gasteiger partial charge in [0.1, 0.15) is 12.1 Å². The van der Waals surface area contributed by atoms with Crippen LogP contribution in [0.25, 0.3) is 0 Å². The Morgan fingerprint density at radius 3 is 2.37 bits per heavy atom. The van der Waals surface area contributed by atoms with E-state index in [1.807, 2.05) is 48.5 Å². The number of azo groups is 1. The molecular weight excluding hydrogens is 442 g/mol. The van der Waals surface area contributed by atoms with Crippen molar-refractivity contribution in [2.45, 2.75) is 31.7 Å². The lowest BCUT2D eigenvalue weighted by Gasteiger charge is -2.23. The second-order valence-corrected chi connectivity index (χ2v) is 8.91. The minimum atomic E-state index is -1.19. The van der Waals surface area contributed by atoms with Gasteiger partial charge in [0.2, 0.25) is 5.91 Å². The van der Waals surface area contributed by atoms with E-state index >= 15 is 0 Å². The molecule has 0 aromatic heterocycles. The molecule has 35 heavy (non-hydrogen) atoms. The van der Waals surface area contributed by atoms with Gasteiger partial charge in [-0.1, -0.05) is 36.4 Å². The fourth-order valence-electron chi connectivity index (χ4n) is 4.48. The Morgan fingerprint density at radius 1 is 0.943 bits per heavy atom. The SMILES string of the molecule is CC1(c2ccc3c(c2)CCC3)NC(=O)N(CC(=O)Nc2ccc(N=Nc3ccccc3)cc2)C1=O. The van der Waals surface area contributed by atoms with Crippen LogP contribution in [0.2, 0.25) is 0 Å². The zero-order chi connectivity index (χ0) is 24.4. The number of carbonyl (C=O) groups excluding carboxylic acids is 3. The van der Waals surface area contributed by atoms with E-state index in [4.69, 9.17) is 0 Å². The summed E-state index contributed by atoms with van der Waals surface area (Å²) in [6.45, 7) is 1.31. The Morgan fingerprint density at radius 2 is 1.63 bits per heavy atom. The van der Waals surface area contributed by atoms with E-state index in [0.29, 0.717) is 11.4 Å². The van der Waals surface area contributed by atoms with Gasteiger partial charge in [-0.25, -0.2) is 4.79 Å². The van der Waals surface area contributed by atoms with Gasteiger partial charge in [-0.05, 0) is 79.3 Å². The van der Waals surface area contributed by atoms with Gasteiger partial charge in [-0.3, -0.25) is 14.5 Å². The highest BCUT2D eigenvalue weighted by Crippen LogP contribution is 2.32. The van der Waals surface area contributed by atoms with Crippen LogP contribution in [0.5, 0.6) is 0 Å². The standard InChI is InChI=1S/C27H25N5O3/c1-27(20-11-10-18-6-5-7-19(18)16-20)25(34)32(26(35)29-27)17-24(33)28-21-12-14-23(15-13-21)31-30-22-8-3-2-4-9-22/h2-4,8-16H,5-7,17H2,1H3,(H,28,33)(H,29,35). The van der Waals surface area contributed by atoms with Crippen LogP contribution in [0.3, 0.4) is 0 Å². The molecule has 8 nitrogen and oxygen atoms in total. The molecule has 2 N–H and O–H groups in total. The molecule has 0 spiro atoms. The molecule has 4 amide bonds. The van der Waals surface area contributed by atoms with Crippen LogP contribution in [-0.4, -0.2) is 29.3 Å². The monoisotopic (exact) mass is 467 g/mol. The van der Waals surface area contributed by atoms with Crippen LogP contribution in [0.4, 0.5) is 21.9 Å². The minimum Gasteiger partial charge on any atom is -0.325 e. The summed E-state index contributed by atoms with van der Waals surface area (Å²) in [7, 11) is 0. The number of nitrogens with zero attached hydrogens (tertiary/aromatic N) is 3. The van der Waals surface area contributed by atoms with E-state index < -0.39 is 23.4 Å². The van der Waals surface area contributed by atoms with Gasteiger partial charge >= 0.3 is 6.03 Å². The number of nitrogens with one attached hydrogen (secondary N) is 2. The molecular formula is C27H25N5O3. The molecule has 1 atom stereocenters. The smallest absolute Gasteiger partial charge is 0.325 e. The van der Waals surface area contributed by atoms with Crippen molar-refractivity contribution in [2.24, 2.45) is 10.2 Å². The van der Waals surface area contributed by atoms with E-state index in [2.05, 4.69) is 20.9 Å². The molecule has 1 fully saturated rings. The van der Waals surface area contributed by atoms with Crippen molar-refractivity contribution < 1.29 is 14.4 Å². The Balaban J connectivity index is 1.22. The molecule has 0 saturated carbocycles. The van der Waals surface area contributed by atoms with Crippen LogP contribution in [-0.2, 0) is 28.0 Å². The summed E-state index contributed by atoms with van der Waals surface area (Å²) in [6, 6.07) is 21.5. The Bertz CT molecular complexity index is 1320. The first-order valence-electron chi connectivity index (χ1n) is 11.6. The second-order valence-electron chi connectivity index (χ2n) is 8.91. The van der Waals surface area contributed by atoms with Gasteiger partial charge in [-0.2, -0.15) is 10.2 Å². The molecule has 176 valence electrons. The third-order valence-corrected chi connectivity index (χ3v) is 6.44. The van der Waals surface area contributed by atoms with Crippen molar-refractivity contribution in [1.82, 2.24) is 10.2 Å². The van der Waals surface area contributed by atoms with Crippen LogP contribution in [0.1, 0.15) is 30.0 Å². The fourth-order valence-corrected chi connectivity index (χ4v) is 4.48. The maximum Gasteiger partial charge on any atom is 0.325 e. The number of urea groups is 1. The van der Waals surface area contributed by atoms with Crippen LogP contribution >= 0.6 is 0 Å². The topological polar surface area (TPSA) is 103 Å². The van der Waals surface area contributed by atoms with Crippen molar-refractivity contribution in [3.63, 3.8) is 0 Å². The van der Waals surface area contributed by atoms with Crippen molar-refractivity contribution in [2.75, 3.05) is 11.9 Å². The number of rotatable bonds is 6. The van der Waals surface area contributed by atoms with Crippen LogP contribution in [0.15, 0.2) is 83.0 Å².